The number of fused-ring (bicyclic) bond motifs is 1. The number of anilines is 1. The fourth-order valence-electron chi connectivity index (χ4n) is 7.25. The molecule has 3 saturated heterocycles. The van der Waals surface area contributed by atoms with Crippen LogP contribution in [0.15, 0.2) is 79.9 Å². The predicted molar refractivity (Wildman–Crippen MR) is 171 cm³/mol. The molecule has 2 bridgehead atoms. The molecular formula is C34H39ClN2O5S. The van der Waals surface area contributed by atoms with Crippen molar-refractivity contribution in [1.29, 1.82) is 0 Å². The van der Waals surface area contributed by atoms with Gasteiger partial charge in [-0.2, -0.15) is 0 Å². The first-order valence-corrected chi connectivity index (χ1v) is 16.1. The number of benzene rings is 2. The summed E-state index contributed by atoms with van der Waals surface area (Å²) in [5.74, 6) is -2.31. The Morgan fingerprint density at radius 3 is 2.56 bits per heavy atom. The van der Waals surface area contributed by atoms with E-state index in [1.165, 1.54) is 0 Å². The van der Waals surface area contributed by atoms with Crippen LogP contribution >= 0.6 is 23.4 Å². The molecule has 7 atom stereocenters. The number of rotatable bonds is 13. The van der Waals surface area contributed by atoms with Crippen molar-refractivity contribution in [2.24, 2.45) is 17.8 Å². The molecule has 1 N–H and O–H groups in total. The molecule has 7 nitrogen and oxygen atoms in total. The van der Waals surface area contributed by atoms with E-state index in [9.17, 15) is 19.5 Å². The van der Waals surface area contributed by atoms with E-state index in [0.717, 1.165) is 12.0 Å². The molecule has 2 aromatic rings. The van der Waals surface area contributed by atoms with Crippen LogP contribution in [-0.4, -0.2) is 69.6 Å². The van der Waals surface area contributed by atoms with E-state index in [1.54, 1.807) is 58.0 Å². The van der Waals surface area contributed by atoms with Gasteiger partial charge in [-0.1, -0.05) is 61.0 Å². The molecule has 5 rings (SSSR count). The first-order chi connectivity index (χ1) is 20.8. The molecule has 3 heterocycles. The number of aliphatic hydroxyl groups is 1. The maximum Gasteiger partial charge on any atom is 0.310 e. The number of hydrogen-bond donors (Lipinski definition) is 1. The number of ether oxygens (including phenoxy) is 1. The number of halogens is 1. The molecule has 3 fully saturated rings. The number of likely N-dealkylation sites (tertiary alicyclic amines) is 1. The third-order valence-electron chi connectivity index (χ3n) is 9.12. The van der Waals surface area contributed by atoms with Gasteiger partial charge in [-0.05, 0) is 61.4 Å². The van der Waals surface area contributed by atoms with Gasteiger partial charge in [-0.25, -0.2) is 0 Å². The lowest BCUT2D eigenvalue weighted by Crippen LogP contribution is -2.59. The Bertz CT molecular complexity index is 1350. The first-order valence-electron chi connectivity index (χ1n) is 14.9. The van der Waals surface area contributed by atoms with E-state index in [-0.39, 0.29) is 48.7 Å². The minimum atomic E-state index is -0.898. The number of aliphatic hydroxyl groups excluding tert-OH is 1. The van der Waals surface area contributed by atoms with Gasteiger partial charge in [0.15, 0.2) is 0 Å². The first kappa shape index (κ1) is 31.4. The lowest BCUT2D eigenvalue weighted by Gasteiger charge is -2.42. The highest BCUT2D eigenvalue weighted by atomic mass is 35.5. The third-order valence-corrected chi connectivity index (χ3v) is 11.4. The number of hydrogen-bond acceptors (Lipinski definition) is 6. The standard InChI is InChI=1S/C34H39ClN2O5S/c1-4-6-10-18-42-33(41)28-27-19-22(3)34(43-27)29(28)31(39)37(26(21-38)20-23-11-8-7-9-12-23)30(34)32(40)36(17-5-2)25-15-13-24(35)14-16-25/h4-5,7-9,11-16,22,26-30,38H,1-2,6,10,17-21H2,3H3/t22?,26-,27+,28-,29+,30?,34?/m1/s1. The van der Waals surface area contributed by atoms with Gasteiger partial charge < -0.3 is 19.6 Å². The highest BCUT2D eigenvalue weighted by Gasteiger charge is 2.77. The molecule has 0 aromatic heterocycles. The van der Waals surface area contributed by atoms with Crippen molar-refractivity contribution in [1.82, 2.24) is 4.90 Å². The molecule has 228 valence electrons. The van der Waals surface area contributed by atoms with Gasteiger partial charge in [0, 0.05) is 22.5 Å². The summed E-state index contributed by atoms with van der Waals surface area (Å²) in [7, 11) is 0. The maximum absolute atomic E-state index is 14.9. The Balaban J connectivity index is 1.58. The van der Waals surface area contributed by atoms with Crippen LogP contribution in [0.25, 0.3) is 0 Å². The highest BCUT2D eigenvalue weighted by Crippen LogP contribution is 2.69. The second kappa shape index (κ2) is 13.3. The molecule has 0 saturated carbocycles. The van der Waals surface area contributed by atoms with E-state index in [0.29, 0.717) is 30.0 Å². The normalized spacial score (nSPS) is 27.9. The zero-order chi connectivity index (χ0) is 30.7. The van der Waals surface area contributed by atoms with Crippen molar-refractivity contribution in [2.45, 2.75) is 54.7 Å². The second-order valence-corrected chi connectivity index (χ2v) is 13.6. The number of allylic oxidation sites excluding steroid dienone is 1. The maximum atomic E-state index is 14.9. The minimum Gasteiger partial charge on any atom is -0.465 e. The largest absolute Gasteiger partial charge is 0.465 e. The van der Waals surface area contributed by atoms with Gasteiger partial charge in [0.25, 0.3) is 5.91 Å². The smallest absolute Gasteiger partial charge is 0.310 e. The number of thioether (sulfide) groups is 1. The fourth-order valence-corrected chi connectivity index (χ4v) is 9.77. The number of nitrogens with zero attached hydrogens (tertiary/aromatic N) is 2. The van der Waals surface area contributed by atoms with Crippen LogP contribution in [0.4, 0.5) is 5.69 Å². The third kappa shape index (κ3) is 5.65. The number of esters is 1. The number of amides is 2. The van der Waals surface area contributed by atoms with Crippen LogP contribution in [0, 0.1) is 17.8 Å². The van der Waals surface area contributed by atoms with Crippen LogP contribution in [0.5, 0.6) is 0 Å². The van der Waals surface area contributed by atoms with Crippen LogP contribution in [-0.2, 0) is 25.5 Å². The van der Waals surface area contributed by atoms with Crippen molar-refractivity contribution in [3.63, 3.8) is 0 Å². The summed E-state index contributed by atoms with van der Waals surface area (Å²) in [5.41, 5.74) is 1.58. The number of unbranched alkanes of at least 4 members (excludes halogenated alkanes) is 1. The summed E-state index contributed by atoms with van der Waals surface area (Å²) < 4.78 is 4.86. The Morgan fingerprint density at radius 1 is 1.19 bits per heavy atom. The fraction of sp³-hybridized carbons (Fsp3) is 0.441. The van der Waals surface area contributed by atoms with Crippen LogP contribution in [0.1, 0.15) is 31.7 Å². The Morgan fingerprint density at radius 2 is 1.91 bits per heavy atom. The molecule has 3 unspecified atom stereocenters. The molecule has 1 spiro atoms. The molecule has 0 aliphatic carbocycles. The molecule has 9 heteroatoms. The molecule has 2 amide bonds. The molecule has 3 aliphatic rings. The van der Waals surface area contributed by atoms with Gasteiger partial charge in [0.05, 0.1) is 35.8 Å². The molecule has 3 aliphatic heterocycles. The summed E-state index contributed by atoms with van der Waals surface area (Å²) in [4.78, 5) is 46.3. The minimum absolute atomic E-state index is 0.0212. The Labute approximate surface area is 262 Å². The quantitative estimate of drug-likeness (QED) is 0.185. The lowest BCUT2D eigenvalue weighted by atomic mass is 9.66. The molecular weight excluding hydrogens is 584 g/mol. The van der Waals surface area contributed by atoms with Crippen molar-refractivity contribution >= 4 is 46.8 Å². The van der Waals surface area contributed by atoms with Crippen LogP contribution in [0.3, 0.4) is 0 Å². The van der Waals surface area contributed by atoms with Crippen molar-refractivity contribution in [3.8, 4) is 0 Å². The van der Waals surface area contributed by atoms with Gasteiger partial charge in [0.2, 0.25) is 5.91 Å². The van der Waals surface area contributed by atoms with Crippen molar-refractivity contribution in [2.75, 3.05) is 24.7 Å². The van der Waals surface area contributed by atoms with Crippen molar-refractivity contribution in [3.05, 3.63) is 90.5 Å². The van der Waals surface area contributed by atoms with E-state index < -0.39 is 28.7 Å². The topological polar surface area (TPSA) is 87.2 Å². The van der Waals surface area contributed by atoms with Crippen LogP contribution < -0.4 is 4.90 Å². The highest BCUT2D eigenvalue weighted by molar-refractivity contribution is 8.02. The summed E-state index contributed by atoms with van der Waals surface area (Å²) in [5, 5.41) is 11.2. The van der Waals surface area contributed by atoms with E-state index in [4.69, 9.17) is 16.3 Å². The summed E-state index contributed by atoms with van der Waals surface area (Å²) in [6, 6.07) is 15.1. The van der Waals surface area contributed by atoms with Gasteiger partial charge in [-0.15, -0.1) is 24.9 Å². The average Bonchev–Trinajstić information content (AvgIpc) is 3.61. The molecule has 2 aromatic carbocycles. The van der Waals surface area contributed by atoms with Gasteiger partial charge in [0.1, 0.15) is 6.04 Å². The van der Waals surface area contributed by atoms with Crippen molar-refractivity contribution < 1.29 is 24.2 Å². The van der Waals surface area contributed by atoms with Gasteiger partial charge in [-0.3, -0.25) is 14.4 Å². The lowest BCUT2D eigenvalue weighted by molar-refractivity contribution is -0.155. The van der Waals surface area contributed by atoms with Gasteiger partial charge >= 0.3 is 5.97 Å². The summed E-state index contributed by atoms with van der Waals surface area (Å²) >= 11 is 7.76. The Kier molecular flexibility index (Phi) is 9.69. The molecule has 0 radical (unpaired) electrons. The zero-order valence-electron chi connectivity index (χ0n) is 24.4. The van der Waals surface area contributed by atoms with E-state index >= 15 is 0 Å². The second-order valence-electron chi connectivity index (χ2n) is 11.6. The van der Waals surface area contributed by atoms with E-state index in [1.807, 2.05) is 30.3 Å². The summed E-state index contributed by atoms with van der Waals surface area (Å²) in [6.45, 7) is 9.84. The zero-order valence-corrected chi connectivity index (χ0v) is 26.0. The Hall–Kier alpha value is -3.07. The van der Waals surface area contributed by atoms with Crippen LogP contribution in [0.2, 0.25) is 5.02 Å². The summed E-state index contributed by atoms with van der Waals surface area (Å²) in [6.07, 6.45) is 5.90. The SMILES string of the molecule is C=CCCCOC(=O)[C@@H]1[C@@H]2CC(C)C3(S2)C(C(=O)N(CC=C)c2ccc(Cl)cc2)N([C@@H](CO)Cc2ccccc2)C(=O)[C@H]13. The average molecular weight is 623 g/mol. The number of carbonyl (C=O) groups excluding carboxylic acids is 3. The molecule has 43 heavy (non-hydrogen) atoms. The van der Waals surface area contributed by atoms with E-state index in [2.05, 4.69) is 20.1 Å². The predicted octanol–water partition coefficient (Wildman–Crippen LogP) is 5.31. The monoisotopic (exact) mass is 622 g/mol. The number of carbonyl (C=O) groups is 3.